The van der Waals surface area contributed by atoms with Gasteiger partial charge in [0, 0.05) is 18.3 Å². The zero-order valence-electron chi connectivity index (χ0n) is 9.94. The van der Waals surface area contributed by atoms with E-state index in [2.05, 4.69) is 41.4 Å². The van der Waals surface area contributed by atoms with Gasteiger partial charge in [-0.25, -0.2) is 4.98 Å². The van der Waals surface area contributed by atoms with Crippen LogP contribution in [0.3, 0.4) is 0 Å². The molecule has 2 rings (SSSR count). The summed E-state index contributed by atoms with van der Waals surface area (Å²) in [6, 6.07) is 1.69. The highest BCUT2D eigenvalue weighted by molar-refractivity contribution is 9.10. The second-order valence-corrected chi connectivity index (χ2v) is 4.86. The molecular formula is C11H12BrN5O. The van der Waals surface area contributed by atoms with Crippen molar-refractivity contribution in [3.63, 3.8) is 0 Å². The van der Waals surface area contributed by atoms with E-state index in [9.17, 15) is 4.79 Å². The molecular weight excluding hydrogens is 298 g/mol. The third kappa shape index (κ3) is 2.73. The van der Waals surface area contributed by atoms with Crippen LogP contribution in [-0.4, -0.2) is 26.1 Å². The molecule has 18 heavy (non-hydrogen) atoms. The minimum absolute atomic E-state index is 0.127. The van der Waals surface area contributed by atoms with E-state index in [0.29, 0.717) is 16.0 Å². The van der Waals surface area contributed by atoms with Gasteiger partial charge in [-0.2, -0.15) is 0 Å². The van der Waals surface area contributed by atoms with E-state index in [1.165, 1.54) is 0 Å². The van der Waals surface area contributed by atoms with Crippen molar-refractivity contribution >= 4 is 27.5 Å². The van der Waals surface area contributed by atoms with Crippen molar-refractivity contribution in [2.45, 2.75) is 19.8 Å². The van der Waals surface area contributed by atoms with Gasteiger partial charge in [0.1, 0.15) is 5.82 Å². The molecule has 0 saturated carbocycles. The highest BCUT2D eigenvalue weighted by Gasteiger charge is 2.15. The molecule has 2 aromatic heterocycles. The first-order chi connectivity index (χ1) is 8.58. The fraction of sp³-hybridized carbons (Fsp3) is 0.273. The number of carbonyl (C=O) groups excluding carboxylic acids is 1. The molecule has 7 heteroatoms. The predicted molar refractivity (Wildman–Crippen MR) is 70.4 cm³/mol. The lowest BCUT2D eigenvalue weighted by Crippen LogP contribution is -2.14. The number of carbonyl (C=O) groups is 1. The topological polar surface area (TPSA) is 83.6 Å². The molecule has 1 amide bonds. The number of halogens is 1. The molecule has 0 aliphatic rings. The first kappa shape index (κ1) is 12.7. The Kier molecular flexibility index (Phi) is 3.71. The molecule has 0 bridgehead atoms. The molecule has 94 valence electrons. The molecule has 0 saturated heterocycles. The molecule has 0 unspecified atom stereocenters. The Balaban J connectivity index is 2.15. The number of nitrogens with one attached hydrogen (secondary N) is 2. The van der Waals surface area contributed by atoms with Crippen LogP contribution in [0.4, 0.5) is 5.69 Å². The second-order valence-electron chi connectivity index (χ2n) is 4.01. The Labute approximate surface area is 112 Å². The summed E-state index contributed by atoms with van der Waals surface area (Å²) < 4.78 is 0.706. The third-order valence-electron chi connectivity index (χ3n) is 2.27. The molecule has 0 aliphatic carbocycles. The van der Waals surface area contributed by atoms with Crippen LogP contribution in [0.1, 0.15) is 36.2 Å². The predicted octanol–water partition coefficient (Wildman–Crippen LogP) is 2.34. The Hall–Kier alpha value is -1.76. The van der Waals surface area contributed by atoms with Crippen LogP contribution in [0.2, 0.25) is 0 Å². The summed E-state index contributed by atoms with van der Waals surface area (Å²) in [4.78, 5) is 19.9. The maximum atomic E-state index is 11.9. The van der Waals surface area contributed by atoms with Gasteiger partial charge in [0.25, 0.3) is 5.91 Å². The van der Waals surface area contributed by atoms with Crippen LogP contribution in [0, 0.1) is 0 Å². The number of pyridine rings is 1. The molecule has 2 N–H and O–H groups in total. The summed E-state index contributed by atoms with van der Waals surface area (Å²) in [6.45, 7) is 3.95. The lowest BCUT2D eigenvalue weighted by molar-refractivity contribution is 0.101. The van der Waals surface area contributed by atoms with Gasteiger partial charge in [0.05, 0.1) is 10.2 Å². The molecule has 0 spiro atoms. The van der Waals surface area contributed by atoms with Gasteiger partial charge >= 0.3 is 0 Å². The number of hydrogen-bond acceptors (Lipinski definition) is 4. The van der Waals surface area contributed by atoms with Crippen molar-refractivity contribution in [1.29, 1.82) is 0 Å². The SMILES string of the molecule is CC(C)c1nc(C(=O)Nc2ccncc2Br)n[nH]1. The number of anilines is 1. The zero-order chi connectivity index (χ0) is 13.1. The molecule has 6 nitrogen and oxygen atoms in total. The number of hydrogen-bond donors (Lipinski definition) is 2. The fourth-order valence-corrected chi connectivity index (χ4v) is 1.64. The Bertz CT molecular complexity index is 566. The van der Waals surface area contributed by atoms with Crippen molar-refractivity contribution in [3.05, 3.63) is 34.6 Å². The molecule has 0 radical (unpaired) electrons. The monoisotopic (exact) mass is 309 g/mol. The minimum Gasteiger partial charge on any atom is -0.318 e. The summed E-state index contributed by atoms with van der Waals surface area (Å²) in [7, 11) is 0. The van der Waals surface area contributed by atoms with Crippen LogP contribution in [0.5, 0.6) is 0 Å². The number of aromatic nitrogens is 4. The highest BCUT2D eigenvalue weighted by Crippen LogP contribution is 2.20. The van der Waals surface area contributed by atoms with E-state index in [4.69, 9.17) is 0 Å². The van der Waals surface area contributed by atoms with Gasteiger partial charge in [-0.1, -0.05) is 13.8 Å². The van der Waals surface area contributed by atoms with Gasteiger partial charge in [-0.05, 0) is 22.0 Å². The van der Waals surface area contributed by atoms with Crippen molar-refractivity contribution in [3.8, 4) is 0 Å². The fourth-order valence-electron chi connectivity index (χ4n) is 1.29. The van der Waals surface area contributed by atoms with Gasteiger partial charge < -0.3 is 5.32 Å². The maximum Gasteiger partial charge on any atom is 0.295 e. The number of aromatic amines is 1. The van der Waals surface area contributed by atoms with Crippen LogP contribution >= 0.6 is 15.9 Å². The van der Waals surface area contributed by atoms with E-state index in [1.54, 1.807) is 18.5 Å². The van der Waals surface area contributed by atoms with Gasteiger partial charge in [0.15, 0.2) is 0 Å². The maximum absolute atomic E-state index is 11.9. The lowest BCUT2D eigenvalue weighted by atomic mass is 10.2. The first-order valence-electron chi connectivity index (χ1n) is 5.41. The normalized spacial score (nSPS) is 10.7. The van der Waals surface area contributed by atoms with Crippen LogP contribution in [0.25, 0.3) is 0 Å². The quantitative estimate of drug-likeness (QED) is 0.911. The Morgan fingerprint density at radius 2 is 2.28 bits per heavy atom. The highest BCUT2D eigenvalue weighted by atomic mass is 79.9. The summed E-state index contributed by atoms with van der Waals surface area (Å²) >= 11 is 3.30. The molecule has 2 heterocycles. The lowest BCUT2D eigenvalue weighted by Gasteiger charge is -2.03. The van der Waals surface area contributed by atoms with Crippen LogP contribution in [0.15, 0.2) is 22.9 Å². The second kappa shape index (κ2) is 5.26. The largest absolute Gasteiger partial charge is 0.318 e. The van der Waals surface area contributed by atoms with Crippen LogP contribution < -0.4 is 5.32 Å². The van der Waals surface area contributed by atoms with Gasteiger partial charge in [0.2, 0.25) is 5.82 Å². The van der Waals surface area contributed by atoms with E-state index in [1.807, 2.05) is 13.8 Å². The standard InChI is InChI=1S/C11H12BrN5O/c1-6(2)9-15-10(17-16-9)11(18)14-8-3-4-13-5-7(8)12/h3-6H,1-2H3,(H,13,14,18)(H,15,16,17). The number of amides is 1. The molecule has 2 aromatic rings. The van der Waals surface area contributed by atoms with Crippen molar-refractivity contribution in [2.75, 3.05) is 5.32 Å². The molecule has 0 atom stereocenters. The van der Waals surface area contributed by atoms with E-state index in [-0.39, 0.29) is 17.6 Å². The van der Waals surface area contributed by atoms with E-state index >= 15 is 0 Å². The van der Waals surface area contributed by atoms with Crippen molar-refractivity contribution < 1.29 is 4.79 Å². The van der Waals surface area contributed by atoms with E-state index in [0.717, 1.165) is 0 Å². The number of H-pyrrole nitrogens is 1. The Morgan fingerprint density at radius 3 is 2.89 bits per heavy atom. The third-order valence-corrected chi connectivity index (χ3v) is 2.91. The summed E-state index contributed by atoms with van der Waals surface area (Å²) in [5, 5.41) is 9.33. The molecule has 0 aromatic carbocycles. The average Bonchev–Trinajstić information content (AvgIpc) is 2.81. The van der Waals surface area contributed by atoms with Crippen molar-refractivity contribution in [2.24, 2.45) is 0 Å². The first-order valence-corrected chi connectivity index (χ1v) is 6.20. The summed E-state index contributed by atoms with van der Waals surface area (Å²) in [5.74, 6) is 0.660. The van der Waals surface area contributed by atoms with Crippen molar-refractivity contribution in [1.82, 2.24) is 20.2 Å². The smallest absolute Gasteiger partial charge is 0.295 e. The number of nitrogens with zero attached hydrogens (tertiary/aromatic N) is 3. The minimum atomic E-state index is -0.356. The van der Waals surface area contributed by atoms with Gasteiger partial charge in [-0.3, -0.25) is 14.9 Å². The summed E-state index contributed by atoms with van der Waals surface area (Å²) in [5.41, 5.74) is 0.630. The molecule has 0 aliphatic heterocycles. The summed E-state index contributed by atoms with van der Waals surface area (Å²) in [6.07, 6.45) is 3.20. The average molecular weight is 310 g/mol. The number of rotatable bonds is 3. The zero-order valence-corrected chi connectivity index (χ0v) is 11.5. The Morgan fingerprint density at radius 1 is 1.50 bits per heavy atom. The van der Waals surface area contributed by atoms with Crippen LogP contribution in [-0.2, 0) is 0 Å². The molecule has 0 fully saturated rings. The van der Waals surface area contributed by atoms with Gasteiger partial charge in [-0.15, -0.1) is 5.10 Å². The van der Waals surface area contributed by atoms with E-state index < -0.39 is 0 Å².